The highest BCUT2D eigenvalue weighted by Crippen LogP contribution is 2.39. The standard InChI is InChI=1S/C27H32BrN7/c1-27-10-3-2-5-20-6-4-14-34(18-20)26-29-13-9-22(30-26)23-19-35(32-31-23)24-8-7-21(28)17-25(24)33(15-11-27)16-12-27/h2-3,7-9,13,17,19-20H,4-6,10-12,14-16,18H2,1H3/b3-2-. The number of halogens is 1. The molecular formula is C27H32BrN7. The van der Waals surface area contributed by atoms with Crippen LogP contribution >= 0.6 is 15.9 Å². The molecule has 7 nitrogen and oxygen atoms in total. The number of allylic oxidation sites excluding steroid dienone is 2. The van der Waals surface area contributed by atoms with Gasteiger partial charge in [0.2, 0.25) is 5.95 Å². The number of nitrogens with zero attached hydrogens (tertiary/aromatic N) is 7. The van der Waals surface area contributed by atoms with Crippen molar-refractivity contribution in [2.75, 3.05) is 36.0 Å². The lowest BCUT2D eigenvalue weighted by atomic mass is 9.77. The average Bonchev–Trinajstić information content (AvgIpc) is 3.37. The molecule has 8 bridgehead atoms. The normalized spacial score (nSPS) is 25.4. The van der Waals surface area contributed by atoms with E-state index in [1.807, 2.05) is 23.1 Å². The number of anilines is 2. The molecule has 6 heterocycles. The molecule has 4 aliphatic heterocycles. The number of benzene rings is 1. The van der Waals surface area contributed by atoms with E-state index in [1.54, 1.807) is 0 Å². The second-order valence-corrected chi connectivity index (χ2v) is 11.5. The Hall–Kier alpha value is -2.74. The first-order chi connectivity index (χ1) is 17.1. The Morgan fingerprint density at radius 2 is 1.89 bits per heavy atom. The van der Waals surface area contributed by atoms with E-state index in [0.717, 1.165) is 66.5 Å². The van der Waals surface area contributed by atoms with Crippen LogP contribution in [-0.2, 0) is 0 Å². The van der Waals surface area contributed by atoms with Crippen LogP contribution < -0.4 is 9.80 Å². The third kappa shape index (κ3) is 4.73. The first kappa shape index (κ1) is 22.7. The van der Waals surface area contributed by atoms with Crippen molar-refractivity contribution < 1.29 is 0 Å². The summed E-state index contributed by atoms with van der Waals surface area (Å²) in [5, 5.41) is 9.01. The van der Waals surface area contributed by atoms with Gasteiger partial charge in [-0.05, 0) is 74.1 Å². The third-order valence-electron chi connectivity index (χ3n) is 7.94. The molecule has 4 aliphatic rings. The third-order valence-corrected chi connectivity index (χ3v) is 8.44. The molecular weight excluding hydrogens is 502 g/mol. The van der Waals surface area contributed by atoms with Crippen molar-refractivity contribution in [1.82, 2.24) is 25.0 Å². The van der Waals surface area contributed by atoms with Crippen molar-refractivity contribution >= 4 is 27.6 Å². The van der Waals surface area contributed by atoms with E-state index in [0.29, 0.717) is 11.3 Å². The Kier molecular flexibility index (Phi) is 6.08. The quantitative estimate of drug-likeness (QED) is 0.347. The van der Waals surface area contributed by atoms with E-state index in [4.69, 9.17) is 4.98 Å². The van der Waals surface area contributed by atoms with Gasteiger partial charge in [-0.3, -0.25) is 0 Å². The largest absolute Gasteiger partial charge is 0.370 e. The smallest absolute Gasteiger partial charge is 0.225 e. The zero-order valence-electron chi connectivity index (χ0n) is 20.3. The summed E-state index contributed by atoms with van der Waals surface area (Å²) in [4.78, 5) is 14.3. The van der Waals surface area contributed by atoms with Gasteiger partial charge < -0.3 is 9.80 Å². The second-order valence-electron chi connectivity index (χ2n) is 10.6. The van der Waals surface area contributed by atoms with Crippen LogP contribution in [0.3, 0.4) is 0 Å². The Bertz CT molecular complexity index is 1230. The molecule has 0 aliphatic carbocycles. The van der Waals surface area contributed by atoms with Crippen molar-refractivity contribution in [3.8, 4) is 17.1 Å². The van der Waals surface area contributed by atoms with Gasteiger partial charge in [-0.1, -0.05) is 40.2 Å². The van der Waals surface area contributed by atoms with Crippen molar-refractivity contribution in [1.29, 1.82) is 0 Å². The number of fused-ring (bicyclic) bond motifs is 4. The first-order valence-electron chi connectivity index (χ1n) is 12.8. The molecule has 2 aromatic heterocycles. The maximum Gasteiger partial charge on any atom is 0.225 e. The fraction of sp³-hybridized carbons (Fsp3) is 0.481. The average molecular weight is 535 g/mol. The summed E-state index contributed by atoms with van der Waals surface area (Å²) in [6.07, 6.45) is 15.8. The first-order valence-corrected chi connectivity index (χ1v) is 13.6. The highest BCUT2D eigenvalue weighted by Gasteiger charge is 2.30. The Labute approximate surface area is 215 Å². The van der Waals surface area contributed by atoms with E-state index >= 15 is 0 Å². The SMILES string of the molecule is CC12C/C=C\CC3CCCN(C3)c3nccc(n3)-c3cn(nn3)-c3ccc(Br)cc3N(CC1)CC2. The minimum absolute atomic E-state index is 0.355. The lowest BCUT2D eigenvalue weighted by molar-refractivity contribution is 0.251. The molecule has 2 fully saturated rings. The van der Waals surface area contributed by atoms with Crippen molar-refractivity contribution in [2.45, 2.75) is 45.4 Å². The van der Waals surface area contributed by atoms with Crippen LogP contribution in [0, 0.1) is 11.3 Å². The van der Waals surface area contributed by atoms with E-state index in [9.17, 15) is 0 Å². The van der Waals surface area contributed by atoms with E-state index in [1.165, 1.54) is 31.4 Å². The molecule has 0 saturated carbocycles. The van der Waals surface area contributed by atoms with Gasteiger partial charge in [-0.15, -0.1) is 5.10 Å². The van der Waals surface area contributed by atoms with Crippen LogP contribution in [0.4, 0.5) is 11.6 Å². The highest BCUT2D eigenvalue weighted by atomic mass is 79.9. The zero-order chi connectivity index (χ0) is 23.8. The summed E-state index contributed by atoms with van der Waals surface area (Å²) >= 11 is 3.68. The summed E-state index contributed by atoms with van der Waals surface area (Å²) in [5.74, 6) is 1.45. The van der Waals surface area contributed by atoms with E-state index in [2.05, 4.69) is 78.3 Å². The fourth-order valence-corrected chi connectivity index (χ4v) is 6.02. The monoisotopic (exact) mass is 533 g/mol. The molecule has 8 heteroatoms. The summed E-state index contributed by atoms with van der Waals surface area (Å²) in [5.41, 5.74) is 4.17. The van der Waals surface area contributed by atoms with Crippen LogP contribution in [0.1, 0.15) is 45.4 Å². The number of hydrogen-bond acceptors (Lipinski definition) is 6. The van der Waals surface area contributed by atoms with Crippen LogP contribution in [0.25, 0.3) is 17.1 Å². The molecule has 0 N–H and O–H groups in total. The highest BCUT2D eigenvalue weighted by molar-refractivity contribution is 9.10. The maximum atomic E-state index is 4.90. The summed E-state index contributed by atoms with van der Waals surface area (Å²) < 4.78 is 2.97. The molecule has 1 unspecified atom stereocenters. The Morgan fingerprint density at radius 3 is 2.77 bits per heavy atom. The Morgan fingerprint density at radius 1 is 1.00 bits per heavy atom. The van der Waals surface area contributed by atoms with Crippen LogP contribution in [-0.4, -0.2) is 51.1 Å². The summed E-state index contributed by atoms with van der Waals surface area (Å²) in [6, 6.07) is 8.33. The number of piperidine rings is 2. The molecule has 2 saturated heterocycles. The molecule has 0 radical (unpaired) electrons. The van der Waals surface area contributed by atoms with E-state index in [-0.39, 0.29) is 0 Å². The molecule has 35 heavy (non-hydrogen) atoms. The molecule has 0 spiro atoms. The van der Waals surface area contributed by atoms with Crippen LogP contribution in [0.2, 0.25) is 0 Å². The topological polar surface area (TPSA) is 63.0 Å². The van der Waals surface area contributed by atoms with Gasteiger partial charge in [0.15, 0.2) is 0 Å². The fourth-order valence-electron chi connectivity index (χ4n) is 5.67. The molecule has 1 aromatic carbocycles. The molecule has 3 aromatic rings. The van der Waals surface area contributed by atoms with Crippen molar-refractivity contribution in [2.24, 2.45) is 11.3 Å². The van der Waals surface area contributed by atoms with Gasteiger partial charge in [-0.2, -0.15) is 0 Å². The van der Waals surface area contributed by atoms with Crippen molar-refractivity contribution in [3.63, 3.8) is 0 Å². The lowest BCUT2D eigenvalue weighted by Crippen LogP contribution is -2.39. The molecule has 7 rings (SSSR count). The number of aromatic nitrogens is 5. The Balaban J connectivity index is 1.40. The molecule has 0 amide bonds. The maximum absolute atomic E-state index is 4.90. The van der Waals surface area contributed by atoms with Crippen LogP contribution in [0.5, 0.6) is 0 Å². The summed E-state index contributed by atoms with van der Waals surface area (Å²) in [7, 11) is 0. The predicted octanol–water partition coefficient (Wildman–Crippen LogP) is 5.66. The molecule has 1 atom stereocenters. The van der Waals surface area contributed by atoms with Gasteiger partial charge >= 0.3 is 0 Å². The number of hydrogen-bond donors (Lipinski definition) is 0. The van der Waals surface area contributed by atoms with Gasteiger partial charge in [-0.25, -0.2) is 14.6 Å². The van der Waals surface area contributed by atoms with Crippen molar-refractivity contribution in [3.05, 3.63) is 53.3 Å². The second kappa shape index (κ2) is 9.37. The summed E-state index contributed by atoms with van der Waals surface area (Å²) in [6.45, 7) is 6.56. The van der Waals surface area contributed by atoms with Gasteiger partial charge in [0.05, 0.1) is 23.3 Å². The lowest BCUT2D eigenvalue weighted by Gasteiger charge is -2.40. The van der Waals surface area contributed by atoms with Gasteiger partial charge in [0.1, 0.15) is 5.69 Å². The van der Waals surface area contributed by atoms with Gasteiger partial charge in [0.25, 0.3) is 0 Å². The van der Waals surface area contributed by atoms with Gasteiger partial charge in [0, 0.05) is 36.8 Å². The predicted molar refractivity (Wildman–Crippen MR) is 143 cm³/mol. The molecule has 182 valence electrons. The minimum Gasteiger partial charge on any atom is -0.370 e. The zero-order valence-corrected chi connectivity index (χ0v) is 21.9. The number of rotatable bonds is 0. The van der Waals surface area contributed by atoms with Crippen LogP contribution in [0.15, 0.2) is 53.3 Å². The van der Waals surface area contributed by atoms with E-state index < -0.39 is 0 Å². The minimum atomic E-state index is 0.355.